The lowest BCUT2D eigenvalue weighted by atomic mass is 9.79. The lowest BCUT2D eigenvalue weighted by molar-refractivity contribution is 0.0931. The highest BCUT2D eigenvalue weighted by molar-refractivity contribution is 5.96. The number of hydrogen-bond donors (Lipinski definition) is 2. The molecule has 142 valence electrons. The van der Waals surface area contributed by atoms with Crippen LogP contribution < -0.4 is 20.9 Å². The lowest BCUT2D eigenvalue weighted by Gasteiger charge is -2.43. The van der Waals surface area contributed by atoms with E-state index < -0.39 is 0 Å². The molecule has 0 aliphatic carbocycles. The van der Waals surface area contributed by atoms with Gasteiger partial charge in [0.1, 0.15) is 5.75 Å². The topological polar surface area (TPSA) is 72.4 Å². The number of fused-ring (bicyclic) bond motifs is 4. The maximum absolute atomic E-state index is 12.8. The second kappa shape index (κ2) is 7.19. The summed E-state index contributed by atoms with van der Waals surface area (Å²) in [6.45, 7) is 4.09. The smallest absolute Gasteiger partial charge is 0.251 e. The van der Waals surface area contributed by atoms with Gasteiger partial charge in [-0.2, -0.15) is 0 Å². The summed E-state index contributed by atoms with van der Waals surface area (Å²) in [4.78, 5) is 25.3. The zero-order valence-corrected chi connectivity index (χ0v) is 15.7. The highest BCUT2D eigenvalue weighted by Crippen LogP contribution is 2.38. The third-order valence-electron chi connectivity index (χ3n) is 5.92. The van der Waals surface area contributed by atoms with Crippen LogP contribution in [0.5, 0.6) is 5.75 Å². The summed E-state index contributed by atoms with van der Waals surface area (Å²) in [5, 5.41) is 6.53. The number of pyridine rings is 1. The molecule has 0 radical (unpaired) electrons. The Hall–Kier alpha value is -2.60. The van der Waals surface area contributed by atoms with Crippen molar-refractivity contribution >= 4 is 5.91 Å². The van der Waals surface area contributed by atoms with Crippen LogP contribution in [-0.4, -0.2) is 37.2 Å². The molecular weight excluding hydrogens is 342 g/mol. The summed E-state index contributed by atoms with van der Waals surface area (Å²) in [5.74, 6) is 1.26. The van der Waals surface area contributed by atoms with Crippen molar-refractivity contribution in [3.05, 3.63) is 63.6 Å². The summed E-state index contributed by atoms with van der Waals surface area (Å²) in [5.41, 5.74) is 2.51. The molecule has 6 nitrogen and oxygen atoms in total. The molecular formula is C21H25N3O3. The van der Waals surface area contributed by atoms with Crippen molar-refractivity contribution in [3.8, 4) is 5.75 Å². The number of carbonyl (C=O) groups excluding carboxylic acids is 1. The largest absolute Gasteiger partial charge is 0.496 e. The number of carbonyl (C=O) groups is 1. The van der Waals surface area contributed by atoms with Crippen LogP contribution in [0.25, 0.3) is 0 Å². The van der Waals surface area contributed by atoms with Gasteiger partial charge in [-0.1, -0.05) is 12.1 Å². The average Bonchev–Trinajstić information content (AvgIpc) is 2.68. The molecule has 2 aliphatic heterocycles. The number of methoxy groups -OCH3 is 1. The van der Waals surface area contributed by atoms with E-state index in [0.29, 0.717) is 29.7 Å². The van der Waals surface area contributed by atoms with Crippen molar-refractivity contribution < 1.29 is 9.53 Å². The minimum atomic E-state index is -0.136. The van der Waals surface area contributed by atoms with Crippen molar-refractivity contribution in [1.29, 1.82) is 0 Å². The average molecular weight is 367 g/mol. The van der Waals surface area contributed by atoms with Crippen LogP contribution in [0.2, 0.25) is 0 Å². The van der Waals surface area contributed by atoms with Gasteiger partial charge in [0.05, 0.1) is 13.2 Å². The highest BCUT2D eigenvalue weighted by atomic mass is 16.5. The van der Waals surface area contributed by atoms with E-state index in [1.807, 2.05) is 35.8 Å². The Kier molecular flexibility index (Phi) is 4.74. The number of benzene rings is 1. The molecule has 1 saturated heterocycles. The van der Waals surface area contributed by atoms with Gasteiger partial charge in [-0.15, -0.1) is 0 Å². The second-order valence-corrected chi connectivity index (χ2v) is 7.42. The fourth-order valence-corrected chi connectivity index (χ4v) is 4.54. The van der Waals surface area contributed by atoms with Gasteiger partial charge >= 0.3 is 0 Å². The van der Waals surface area contributed by atoms with E-state index in [1.54, 1.807) is 19.2 Å². The number of aromatic nitrogens is 1. The Bertz CT molecular complexity index is 921. The van der Waals surface area contributed by atoms with E-state index in [2.05, 4.69) is 10.6 Å². The van der Waals surface area contributed by atoms with E-state index in [9.17, 15) is 9.59 Å². The molecule has 1 amide bonds. The molecule has 3 atom stereocenters. The Morgan fingerprint density at radius 2 is 2.07 bits per heavy atom. The predicted octanol–water partition coefficient (Wildman–Crippen LogP) is 1.84. The molecule has 4 rings (SSSR count). The van der Waals surface area contributed by atoms with Crippen LogP contribution >= 0.6 is 0 Å². The molecule has 2 N–H and O–H groups in total. The second-order valence-electron chi connectivity index (χ2n) is 7.42. The molecule has 3 heterocycles. The minimum Gasteiger partial charge on any atom is -0.496 e. The van der Waals surface area contributed by atoms with E-state index >= 15 is 0 Å². The quantitative estimate of drug-likeness (QED) is 0.865. The molecule has 27 heavy (non-hydrogen) atoms. The first kappa shape index (κ1) is 17.8. The summed E-state index contributed by atoms with van der Waals surface area (Å²) in [6, 6.07) is 10.9. The van der Waals surface area contributed by atoms with E-state index in [1.165, 1.54) is 0 Å². The Balaban J connectivity index is 1.59. The molecule has 6 heteroatoms. The zero-order chi connectivity index (χ0) is 19.0. The van der Waals surface area contributed by atoms with Gasteiger partial charge in [-0.05, 0) is 37.5 Å². The minimum absolute atomic E-state index is 0.0147. The first-order valence-corrected chi connectivity index (χ1v) is 9.44. The number of nitrogens with zero attached hydrogens (tertiary/aromatic N) is 1. The Labute approximate surface area is 158 Å². The number of ether oxygens (including phenoxy) is 1. The molecule has 0 saturated carbocycles. The van der Waals surface area contributed by atoms with Crippen molar-refractivity contribution in [2.75, 3.05) is 26.7 Å². The zero-order valence-electron chi connectivity index (χ0n) is 15.7. The number of nitrogens with one attached hydrogen (secondary N) is 2. The van der Waals surface area contributed by atoms with Crippen LogP contribution in [0, 0.1) is 12.8 Å². The first-order chi connectivity index (χ1) is 13.1. The van der Waals surface area contributed by atoms with Gasteiger partial charge in [0.15, 0.2) is 0 Å². The van der Waals surface area contributed by atoms with Crippen molar-refractivity contribution in [2.24, 2.45) is 5.92 Å². The lowest BCUT2D eigenvalue weighted by Crippen LogP contribution is -2.50. The van der Waals surface area contributed by atoms with Crippen LogP contribution in [0.3, 0.4) is 0 Å². The standard InChI is InChI=1S/C21H25N3O3/c1-13-16(5-3-7-19(13)27-2)21(26)23-12-18-15-9-14(10-22-11-15)17-6-4-8-20(25)24(17)18/h3-8,14-15,18,22H,9-12H2,1-2H3,(H,23,26)/t14-,15+,18+/m1/s1. The van der Waals surface area contributed by atoms with Gasteiger partial charge in [0.2, 0.25) is 0 Å². The van der Waals surface area contributed by atoms with E-state index in [0.717, 1.165) is 30.8 Å². The van der Waals surface area contributed by atoms with Gasteiger partial charge in [0.25, 0.3) is 11.5 Å². The highest BCUT2D eigenvalue weighted by Gasteiger charge is 2.37. The summed E-state index contributed by atoms with van der Waals surface area (Å²) < 4.78 is 7.21. The maximum atomic E-state index is 12.8. The van der Waals surface area contributed by atoms with Gasteiger partial charge < -0.3 is 19.9 Å². The predicted molar refractivity (Wildman–Crippen MR) is 104 cm³/mol. The molecule has 1 aromatic carbocycles. The van der Waals surface area contributed by atoms with E-state index in [-0.39, 0.29) is 17.5 Å². The molecule has 1 fully saturated rings. The van der Waals surface area contributed by atoms with Crippen LogP contribution in [-0.2, 0) is 0 Å². The molecule has 0 spiro atoms. The number of hydrogen-bond acceptors (Lipinski definition) is 4. The van der Waals surface area contributed by atoms with Gasteiger partial charge in [-0.25, -0.2) is 0 Å². The summed E-state index contributed by atoms with van der Waals surface area (Å²) in [7, 11) is 1.60. The maximum Gasteiger partial charge on any atom is 0.251 e. The number of piperidine rings is 1. The van der Waals surface area contributed by atoms with Crippen molar-refractivity contribution in [2.45, 2.75) is 25.3 Å². The summed E-state index contributed by atoms with van der Waals surface area (Å²) >= 11 is 0. The molecule has 1 aromatic heterocycles. The van der Waals surface area contributed by atoms with Crippen molar-refractivity contribution in [3.63, 3.8) is 0 Å². The third kappa shape index (κ3) is 3.14. The Morgan fingerprint density at radius 1 is 1.26 bits per heavy atom. The SMILES string of the molecule is COc1cccc(C(=O)NC[C@H]2[C@@H]3CNC[C@@H](C3)c3cccc(=O)n32)c1C. The molecule has 0 unspecified atom stereocenters. The monoisotopic (exact) mass is 367 g/mol. The molecule has 2 aromatic rings. The fraction of sp³-hybridized carbons (Fsp3) is 0.429. The molecule has 2 bridgehead atoms. The first-order valence-electron chi connectivity index (χ1n) is 9.44. The summed E-state index contributed by atoms with van der Waals surface area (Å²) in [6.07, 6.45) is 1.05. The van der Waals surface area contributed by atoms with Crippen LogP contribution in [0.15, 0.2) is 41.2 Å². The number of rotatable bonds is 4. The van der Waals surface area contributed by atoms with Crippen LogP contribution in [0.1, 0.15) is 40.0 Å². The van der Waals surface area contributed by atoms with Gasteiger partial charge in [0, 0.05) is 48.4 Å². The van der Waals surface area contributed by atoms with Crippen molar-refractivity contribution in [1.82, 2.24) is 15.2 Å². The normalized spacial score (nSPS) is 23.4. The van der Waals surface area contributed by atoms with Gasteiger partial charge in [-0.3, -0.25) is 9.59 Å². The fourth-order valence-electron chi connectivity index (χ4n) is 4.54. The Morgan fingerprint density at radius 3 is 2.89 bits per heavy atom. The number of amides is 1. The third-order valence-corrected chi connectivity index (χ3v) is 5.92. The van der Waals surface area contributed by atoms with E-state index in [4.69, 9.17) is 4.74 Å². The molecule has 2 aliphatic rings. The van der Waals surface area contributed by atoms with Crippen LogP contribution in [0.4, 0.5) is 0 Å².